The Morgan fingerprint density at radius 1 is 1.73 bits per heavy atom. The summed E-state index contributed by atoms with van der Waals surface area (Å²) in [6.45, 7) is 0.461. The standard InChI is InChI=1S/C8H8ClFN2O2S/c9-4-1-2-14-7(4)12-3-5(10)6(15)11-8(12)13/h3-4,7H,1-2H2,(H,11,13,15)/t4-,7-/m1/s1. The van der Waals surface area contributed by atoms with Crippen molar-refractivity contribution in [2.24, 2.45) is 0 Å². The molecule has 1 fully saturated rings. The summed E-state index contributed by atoms with van der Waals surface area (Å²) in [5.41, 5.74) is -0.515. The predicted octanol–water partition coefficient (Wildman–Crippen LogP) is 1.57. The highest BCUT2D eigenvalue weighted by Gasteiger charge is 2.28. The first kappa shape index (κ1) is 10.8. The van der Waals surface area contributed by atoms with Gasteiger partial charge in [-0.15, -0.1) is 11.6 Å². The molecule has 0 bridgehead atoms. The molecule has 1 aromatic rings. The number of rotatable bonds is 1. The fraction of sp³-hybridized carbons (Fsp3) is 0.500. The lowest BCUT2D eigenvalue weighted by Crippen LogP contribution is -2.30. The second kappa shape index (κ2) is 4.03. The van der Waals surface area contributed by atoms with Gasteiger partial charge >= 0.3 is 5.69 Å². The maximum absolute atomic E-state index is 13.1. The van der Waals surface area contributed by atoms with Gasteiger partial charge in [0.1, 0.15) is 4.64 Å². The van der Waals surface area contributed by atoms with Gasteiger partial charge in [-0.1, -0.05) is 12.2 Å². The fourth-order valence-corrected chi connectivity index (χ4v) is 1.88. The molecule has 1 aromatic heterocycles. The quantitative estimate of drug-likeness (QED) is 0.608. The number of H-pyrrole nitrogens is 1. The summed E-state index contributed by atoms with van der Waals surface area (Å²) in [5, 5.41) is -0.327. The summed E-state index contributed by atoms with van der Waals surface area (Å²) in [4.78, 5) is 13.7. The van der Waals surface area contributed by atoms with Crippen LogP contribution in [-0.2, 0) is 4.74 Å². The van der Waals surface area contributed by atoms with E-state index in [4.69, 9.17) is 16.3 Å². The van der Waals surface area contributed by atoms with Crippen LogP contribution < -0.4 is 5.69 Å². The minimum absolute atomic E-state index is 0.208. The number of nitrogens with one attached hydrogen (secondary N) is 1. The van der Waals surface area contributed by atoms with Gasteiger partial charge in [0.2, 0.25) is 0 Å². The second-order valence-corrected chi connectivity index (χ2v) is 4.18. The molecule has 2 atom stereocenters. The normalized spacial score (nSPS) is 25.7. The van der Waals surface area contributed by atoms with Gasteiger partial charge in [-0.3, -0.25) is 9.55 Å². The van der Waals surface area contributed by atoms with E-state index in [0.717, 1.165) is 10.8 Å². The molecule has 0 aliphatic carbocycles. The minimum atomic E-state index is -0.663. The molecule has 0 unspecified atom stereocenters. The van der Waals surface area contributed by atoms with Crippen LogP contribution in [0.3, 0.4) is 0 Å². The molecule has 2 rings (SSSR count). The molecule has 4 nitrogen and oxygen atoms in total. The van der Waals surface area contributed by atoms with E-state index < -0.39 is 17.7 Å². The minimum Gasteiger partial charge on any atom is -0.356 e. The van der Waals surface area contributed by atoms with E-state index in [-0.39, 0.29) is 10.0 Å². The van der Waals surface area contributed by atoms with E-state index in [1.165, 1.54) is 0 Å². The molecule has 0 aromatic carbocycles. The second-order valence-electron chi connectivity index (χ2n) is 3.21. The van der Waals surface area contributed by atoms with Crippen molar-refractivity contribution in [1.29, 1.82) is 0 Å². The van der Waals surface area contributed by atoms with Gasteiger partial charge in [0.05, 0.1) is 18.2 Å². The Hall–Kier alpha value is -0.720. The largest absolute Gasteiger partial charge is 0.356 e. The van der Waals surface area contributed by atoms with Crippen molar-refractivity contribution < 1.29 is 9.13 Å². The average molecular weight is 251 g/mol. The van der Waals surface area contributed by atoms with Crippen LogP contribution in [0.4, 0.5) is 4.39 Å². The number of hydrogen-bond donors (Lipinski definition) is 1. The van der Waals surface area contributed by atoms with Crippen molar-refractivity contribution in [3.05, 3.63) is 27.1 Å². The molecule has 7 heteroatoms. The number of aromatic nitrogens is 2. The molecule has 0 spiro atoms. The molecular weight excluding hydrogens is 243 g/mol. The van der Waals surface area contributed by atoms with Crippen LogP contribution in [0.25, 0.3) is 0 Å². The fourth-order valence-electron chi connectivity index (χ4n) is 1.45. The summed E-state index contributed by atoms with van der Waals surface area (Å²) in [7, 11) is 0. The lowest BCUT2D eigenvalue weighted by molar-refractivity contribution is 0.0534. The monoisotopic (exact) mass is 250 g/mol. The number of hydrogen-bond acceptors (Lipinski definition) is 3. The first-order chi connectivity index (χ1) is 7.09. The highest BCUT2D eigenvalue weighted by molar-refractivity contribution is 7.71. The number of aromatic amines is 1. The van der Waals surface area contributed by atoms with E-state index in [0.29, 0.717) is 13.0 Å². The van der Waals surface area contributed by atoms with Crippen molar-refractivity contribution in [3.8, 4) is 0 Å². The summed E-state index contributed by atoms with van der Waals surface area (Å²) in [6.07, 6.45) is 1.03. The zero-order valence-electron chi connectivity index (χ0n) is 7.57. The van der Waals surface area contributed by atoms with Crippen LogP contribution >= 0.6 is 23.8 Å². The highest BCUT2D eigenvalue weighted by Crippen LogP contribution is 2.26. The maximum atomic E-state index is 13.1. The Morgan fingerprint density at radius 2 is 2.47 bits per heavy atom. The van der Waals surface area contributed by atoms with Gasteiger partial charge in [0.25, 0.3) is 0 Å². The predicted molar refractivity (Wildman–Crippen MR) is 55.1 cm³/mol. The van der Waals surface area contributed by atoms with Gasteiger partial charge in [0, 0.05) is 0 Å². The third-order valence-electron chi connectivity index (χ3n) is 2.19. The SMILES string of the molecule is O=c1[nH]c(=S)c(F)cn1[C@@H]1OCC[C@H]1Cl. The molecule has 1 aliphatic heterocycles. The molecule has 1 saturated heterocycles. The Bertz CT molecular complexity index is 486. The Balaban J connectivity index is 2.48. The summed E-state index contributed by atoms with van der Waals surface area (Å²) < 4.78 is 19.3. The van der Waals surface area contributed by atoms with Crippen LogP contribution in [0.5, 0.6) is 0 Å². The van der Waals surface area contributed by atoms with Crippen LogP contribution in [0.2, 0.25) is 0 Å². The van der Waals surface area contributed by atoms with E-state index >= 15 is 0 Å². The molecule has 0 radical (unpaired) electrons. The van der Waals surface area contributed by atoms with Crippen molar-refractivity contribution in [2.45, 2.75) is 18.0 Å². The Kier molecular flexibility index (Phi) is 2.90. The molecule has 82 valence electrons. The van der Waals surface area contributed by atoms with Crippen LogP contribution in [0.15, 0.2) is 11.0 Å². The van der Waals surface area contributed by atoms with E-state index in [1.807, 2.05) is 0 Å². The number of alkyl halides is 1. The highest BCUT2D eigenvalue weighted by atomic mass is 35.5. The molecule has 2 heterocycles. The smallest absolute Gasteiger partial charge is 0.328 e. The van der Waals surface area contributed by atoms with E-state index in [2.05, 4.69) is 17.2 Å². The molecule has 15 heavy (non-hydrogen) atoms. The number of nitrogens with zero attached hydrogens (tertiary/aromatic N) is 1. The Labute approximate surface area is 94.6 Å². The van der Waals surface area contributed by atoms with Crippen LogP contribution in [-0.4, -0.2) is 21.5 Å². The molecular formula is C8H8ClFN2O2S. The third-order valence-corrected chi connectivity index (χ3v) is 2.92. The third kappa shape index (κ3) is 1.97. The Morgan fingerprint density at radius 3 is 3.07 bits per heavy atom. The van der Waals surface area contributed by atoms with Crippen LogP contribution in [0, 0.1) is 10.5 Å². The van der Waals surface area contributed by atoms with Gasteiger partial charge in [-0.2, -0.15) is 0 Å². The summed E-state index contributed by atoms with van der Waals surface area (Å²) in [5.74, 6) is -0.663. The average Bonchev–Trinajstić information content (AvgIpc) is 2.58. The van der Waals surface area contributed by atoms with Gasteiger partial charge in [-0.05, 0) is 6.42 Å². The van der Waals surface area contributed by atoms with Crippen molar-refractivity contribution in [1.82, 2.24) is 9.55 Å². The lowest BCUT2D eigenvalue weighted by atomic mass is 10.3. The molecule has 1 aliphatic rings. The van der Waals surface area contributed by atoms with Crippen molar-refractivity contribution >= 4 is 23.8 Å². The summed E-state index contributed by atoms with van der Waals surface area (Å²) in [6, 6.07) is 0. The lowest BCUT2D eigenvalue weighted by Gasteiger charge is -2.15. The number of halogens is 2. The first-order valence-electron chi connectivity index (χ1n) is 4.36. The van der Waals surface area contributed by atoms with Crippen molar-refractivity contribution in [2.75, 3.05) is 6.61 Å². The van der Waals surface area contributed by atoms with Crippen LogP contribution in [0.1, 0.15) is 12.6 Å². The van der Waals surface area contributed by atoms with E-state index in [9.17, 15) is 9.18 Å². The zero-order valence-corrected chi connectivity index (χ0v) is 9.15. The molecule has 1 N–H and O–H groups in total. The summed E-state index contributed by atoms with van der Waals surface area (Å²) >= 11 is 10.5. The number of ether oxygens (including phenoxy) is 1. The van der Waals surface area contributed by atoms with E-state index in [1.54, 1.807) is 0 Å². The topological polar surface area (TPSA) is 47.0 Å². The first-order valence-corrected chi connectivity index (χ1v) is 5.20. The van der Waals surface area contributed by atoms with Crippen molar-refractivity contribution in [3.63, 3.8) is 0 Å². The van der Waals surface area contributed by atoms with Gasteiger partial charge in [-0.25, -0.2) is 9.18 Å². The zero-order chi connectivity index (χ0) is 11.0. The molecule has 0 saturated carbocycles. The van der Waals surface area contributed by atoms with Gasteiger partial charge in [0.15, 0.2) is 12.0 Å². The van der Waals surface area contributed by atoms with Gasteiger partial charge < -0.3 is 4.74 Å². The molecule has 0 amide bonds. The maximum Gasteiger partial charge on any atom is 0.328 e.